The van der Waals surface area contributed by atoms with E-state index in [4.69, 9.17) is 21.6 Å². The van der Waals surface area contributed by atoms with E-state index in [-0.39, 0.29) is 30.7 Å². The molecule has 0 radical (unpaired) electrons. The number of fused-ring (bicyclic) bond motifs is 1. The van der Waals surface area contributed by atoms with Crippen molar-refractivity contribution in [3.05, 3.63) is 94.1 Å². The topological polar surface area (TPSA) is 128 Å². The number of amides is 2. The van der Waals surface area contributed by atoms with Crippen molar-refractivity contribution < 1.29 is 19.8 Å². The van der Waals surface area contributed by atoms with E-state index in [2.05, 4.69) is 24.5 Å². The zero-order valence-corrected chi connectivity index (χ0v) is 27.3. The monoisotopic (exact) mass is 643 g/mol. The Morgan fingerprint density at radius 3 is 2.54 bits per heavy atom. The number of nitrogens with zero attached hydrogens (tertiary/aromatic N) is 3. The van der Waals surface area contributed by atoms with E-state index in [0.717, 1.165) is 22.2 Å². The standard InChI is InChI=1S/C36H42ClN5O4/c1-23(2)32-27-10-4-5-13-30(27)40-33(41-32)31-28(11-6-12-29(31)37)36(46,18-8-19-39-35(44)45)26-9-7-20-42(22-26)34(43)25-16-14-24(15-17-25)21-38-3/h4-6,10-17,23,26,38-39,46H,7-9,18-22H2,1-3H3,(H,44,45). The van der Waals surface area contributed by atoms with Crippen molar-refractivity contribution in [3.8, 4) is 11.4 Å². The fourth-order valence-electron chi connectivity index (χ4n) is 6.58. The van der Waals surface area contributed by atoms with Crippen molar-refractivity contribution in [2.75, 3.05) is 26.7 Å². The third kappa shape index (κ3) is 7.17. The number of hydrogen-bond donors (Lipinski definition) is 4. The quantitative estimate of drug-likeness (QED) is 0.136. The molecule has 0 saturated carbocycles. The van der Waals surface area contributed by atoms with Crippen LogP contribution in [0, 0.1) is 5.92 Å². The minimum absolute atomic E-state index is 0.0821. The zero-order chi connectivity index (χ0) is 32.8. The summed E-state index contributed by atoms with van der Waals surface area (Å²) < 4.78 is 0. The minimum Gasteiger partial charge on any atom is -0.465 e. The third-order valence-electron chi connectivity index (χ3n) is 8.86. The summed E-state index contributed by atoms with van der Waals surface area (Å²) in [4.78, 5) is 36.7. The lowest BCUT2D eigenvalue weighted by atomic mass is 9.72. The second kappa shape index (κ2) is 14.6. The number of nitrogens with one attached hydrogen (secondary N) is 2. The predicted molar refractivity (Wildman–Crippen MR) is 181 cm³/mol. The second-order valence-electron chi connectivity index (χ2n) is 12.3. The van der Waals surface area contributed by atoms with Gasteiger partial charge in [0.05, 0.1) is 21.8 Å². The highest BCUT2D eigenvalue weighted by Gasteiger charge is 2.43. The van der Waals surface area contributed by atoms with E-state index in [9.17, 15) is 19.8 Å². The molecule has 4 N–H and O–H groups in total. The Kier molecular flexibility index (Phi) is 10.6. The number of hydrogen-bond acceptors (Lipinski definition) is 6. The normalized spacial score (nSPS) is 16.4. The van der Waals surface area contributed by atoms with Crippen molar-refractivity contribution in [2.45, 2.75) is 57.6 Å². The lowest BCUT2D eigenvalue weighted by Crippen LogP contribution is -2.48. The zero-order valence-electron chi connectivity index (χ0n) is 26.6. The summed E-state index contributed by atoms with van der Waals surface area (Å²) in [6.45, 7) is 5.97. The number of carbonyl (C=O) groups is 2. The van der Waals surface area contributed by atoms with Crippen LogP contribution in [0.15, 0.2) is 66.7 Å². The lowest BCUT2D eigenvalue weighted by molar-refractivity contribution is -0.0563. The molecule has 0 spiro atoms. The lowest BCUT2D eigenvalue weighted by Gasteiger charge is -2.43. The molecule has 0 aliphatic carbocycles. The molecule has 4 aromatic rings. The van der Waals surface area contributed by atoms with Gasteiger partial charge < -0.3 is 25.7 Å². The van der Waals surface area contributed by atoms with Gasteiger partial charge >= 0.3 is 6.09 Å². The molecule has 9 nitrogen and oxygen atoms in total. The van der Waals surface area contributed by atoms with E-state index in [1.54, 1.807) is 6.07 Å². The summed E-state index contributed by atoms with van der Waals surface area (Å²) in [5.41, 5.74) is 3.03. The van der Waals surface area contributed by atoms with Gasteiger partial charge in [-0.05, 0) is 74.0 Å². The summed E-state index contributed by atoms with van der Waals surface area (Å²) >= 11 is 6.94. The third-order valence-corrected chi connectivity index (χ3v) is 9.17. The van der Waals surface area contributed by atoms with Crippen LogP contribution in [0.2, 0.25) is 5.02 Å². The van der Waals surface area contributed by atoms with Crippen LogP contribution in [0.3, 0.4) is 0 Å². The maximum Gasteiger partial charge on any atom is 0.404 e. The Morgan fingerprint density at radius 1 is 1.07 bits per heavy atom. The number of piperidine rings is 1. The Hall–Kier alpha value is -4.05. The van der Waals surface area contributed by atoms with Crippen LogP contribution in [0.4, 0.5) is 4.79 Å². The number of carboxylic acid groups (broad SMARTS) is 1. The summed E-state index contributed by atoms with van der Waals surface area (Å²) in [6.07, 6.45) is 0.894. The molecule has 1 aliphatic heterocycles. The number of para-hydroxylation sites is 1. The molecule has 2 heterocycles. The summed E-state index contributed by atoms with van der Waals surface area (Å²) in [6, 6.07) is 20.9. The molecular weight excluding hydrogens is 602 g/mol. The highest BCUT2D eigenvalue weighted by atomic mass is 35.5. The summed E-state index contributed by atoms with van der Waals surface area (Å²) in [7, 11) is 1.88. The van der Waals surface area contributed by atoms with E-state index >= 15 is 0 Å². The van der Waals surface area contributed by atoms with Crippen molar-refractivity contribution in [1.82, 2.24) is 25.5 Å². The first-order valence-electron chi connectivity index (χ1n) is 15.9. The van der Waals surface area contributed by atoms with Gasteiger partial charge in [-0.2, -0.15) is 0 Å². The molecule has 1 aliphatic rings. The van der Waals surface area contributed by atoms with Crippen molar-refractivity contribution in [3.63, 3.8) is 0 Å². The van der Waals surface area contributed by atoms with Crippen LogP contribution in [-0.2, 0) is 12.1 Å². The predicted octanol–water partition coefficient (Wildman–Crippen LogP) is 6.58. The number of carbonyl (C=O) groups excluding carboxylic acids is 1. The Morgan fingerprint density at radius 2 is 1.83 bits per heavy atom. The van der Waals surface area contributed by atoms with E-state index in [0.29, 0.717) is 66.4 Å². The second-order valence-corrected chi connectivity index (χ2v) is 12.8. The fourth-order valence-corrected chi connectivity index (χ4v) is 6.84. The molecule has 1 saturated heterocycles. The summed E-state index contributed by atoms with van der Waals surface area (Å²) in [5.74, 6) is 0.112. The summed E-state index contributed by atoms with van der Waals surface area (Å²) in [5, 5.41) is 29.0. The maximum atomic E-state index is 13.7. The number of aromatic nitrogens is 2. The van der Waals surface area contributed by atoms with Crippen LogP contribution in [0.5, 0.6) is 0 Å². The number of benzene rings is 3. The number of halogens is 1. The fraction of sp³-hybridized carbons (Fsp3) is 0.389. The van der Waals surface area contributed by atoms with Gasteiger partial charge in [-0.3, -0.25) is 4.79 Å². The van der Waals surface area contributed by atoms with E-state index in [1.807, 2.05) is 72.6 Å². The van der Waals surface area contributed by atoms with Gasteiger partial charge in [-0.1, -0.05) is 67.9 Å². The van der Waals surface area contributed by atoms with Gasteiger partial charge in [0.2, 0.25) is 0 Å². The van der Waals surface area contributed by atoms with Crippen LogP contribution < -0.4 is 10.6 Å². The molecule has 1 fully saturated rings. The molecule has 5 rings (SSSR count). The largest absolute Gasteiger partial charge is 0.465 e. The molecule has 2 unspecified atom stereocenters. The molecular formula is C36H42ClN5O4. The smallest absolute Gasteiger partial charge is 0.404 e. The first-order chi connectivity index (χ1) is 22.1. The molecule has 10 heteroatoms. The van der Waals surface area contributed by atoms with Gasteiger partial charge in [0.15, 0.2) is 5.82 Å². The first kappa shape index (κ1) is 33.3. The molecule has 3 aromatic carbocycles. The highest BCUT2D eigenvalue weighted by molar-refractivity contribution is 6.33. The molecule has 242 valence electrons. The van der Waals surface area contributed by atoms with Gasteiger partial charge in [0.1, 0.15) is 0 Å². The van der Waals surface area contributed by atoms with Crippen LogP contribution in [0.25, 0.3) is 22.3 Å². The van der Waals surface area contributed by atoms with E-state index in [1.165, 1.54) is 0 Å². The SMILES string of the molecule is CNCc1ccc(C(=O)N2CCCC(C(O)(CCCNC(=O)O)c3cccc(Cl)c3-c3nc(C(C)C)c4ccccc4n3)C2)cc1. The van der Waals surface area contributed by atoms with Gasteiger partial charge in [-0.15, -0.1) is 0 Å². The molecule has 2 amide bonds. The van der Waals surface area contributed by atoms with Gasteiger partial charge in [0, 0.05) is 48.6 Å². The van der Waals surface area contributed by atoms with Crippen LogP contribution in [-0.4, -0.2) is 63.8 Å². The number of rotatable bonds is 11. The number of aliphatic hydroxyl groups is 1. The number of likely N-dealkylation sites (tertiary alicyclic amines) is 1. The minimum atomic E-state index is -1.46. The molecule has 0 bridgehead atoms. The van der Waals surface area contributed by atoms with Crippen LogP contribution >= 0.6 is 11.6 Å². The molecule has 46 heavy (non-hydrogen) atoms. The maximum absolute atomic E-state index is 13.7. The molecule has 1 aromatic heterocycles. The average molecular weight is 644 g/mol. The Balaban J connectivity index is 1.56. The first-order valence-corrected chi connectivity index (χ1v) is 16.3. The average Bonchev–Trinajstić information content (AvgIpc) is 3.06. The highest BCUT2D eigenvalue weighted by Crippen LogP contribution is 2.45. The Labute approximate surface area is 275 Å². The molecule has 2 atom stereocenters. The van der Waals surface area contributed by atoms with Crippen LogP contribution in [0.1, 0.15) is 72.6 Å². The van der Waals surface area contributed by atoms with Gasteiger partial charge in [-0.25, -0.2) is 14.8 Å². The van der Waals surface area contributed by atoms with Crippen molar-refractivity contribution >= 4 is 34.5 Å². The Bertz CT molecular complexity index is 1700. The van der Waals surface area contributed by atoms with Crippen molar-refractivity contribution in [1.29, 1.82) is 0 Å². The van der Waals surface area contributed by atoms with Gasteiger partial charge in [0.25, 0.3) is 5.91 Å². The van der Waals surface area contributed by atoms with Crippen molar-refractivity contribution in [2.24, 2.45) is 5.92 Å². The van der Waals surface area contributed by atoms with E-state index < -0.39 is 11.7 Å².